The van der Waals surface area contributed by atoms with Crippen molar-refractivity contribution in [1.29, 1.82) is 0 Å². The average molecular weight is 309 g/mol. The van der Waals surface area contributed by atoms with Crippen LogP contribution in [0.15, 0.2) is 54.7 Å². The van der Waals surface area contributed by atoms with E-state index in [0.29, 0.717) is 16.9 Å². The van der Waals surface area contributed by atoms with Crippen molar-refractivity contribution in [3.8, 4) is 0 Å². The van der Waals surface area contributed by atoms with E-state index in [1.54, 1.807) is 30.5 Å². The normalized spacial score (nSPS) is 10.3. The number of H-pyrrole nitrogens is 1. The molecule has 6 nitrogen and oxygen atoms in total. The molecular formula is C17H15N3O3. The highest BCUT2D eigenvalue weighted by atomic mass is 16.5. The van der Waals surface area contributed by atoms with Gasteiger partial charge in [0, 0.05) is 22.8 Å². The summed E-state index contributed by atoms with van der Waals surface area (Å²) in [6, 6.07) is 13.8. The second-order valence-corrected chi connectivity index (χ2v) is 4.90. The van der Waals surface area contributed by atoms with Crippen molar-refractivity contribution in [2.45, 2.75) is 0 Å². The number of hydrogen-bond acceptors (Lipinski definition) is 3. The molecular weight excluding hydrogens is 294 g/mol. The zero-order valence-corrected chi connectivity index (χ0v) is 12.4. The van der Waals surface area contributed by atoms with E-state index in [9.17, 15) is 9.59 Å². The van der Waals surface area contributed by atoms with Crippen LogP contribution in [-0.2, 0) is 4.74 Å². The molecule has 0 aliphatic rings. The van der Waals surface area contributed by atoms with Gasteiger partial charge in [0.05, 0.1) is 18.4 Å². The van der Waals surface area contributed by atoms with Crippen LogP contribution in [-0.4, -0.2) is 24.1 Å². The Morgan fingerprint density at radius 3 is 2.48 bits per heavy atom. The first-order chi connectivity index (χ1) is 11.2. The summed E-state index contributed by atoms with van der Waals surface area (Å²) in [6.07, 6.45) is 1.74. The molecule has 6 heteroatoms. The molecule has 2 amide bonds. The van der Waals surface area contributed by atoms with Gasteiger partial charge < -0.3 is 20.4 Å². The first kappa shape index (κ1) is 14.6. The van der Waals surface area contributed by atoms with Crippen LogP contribution in [0.2, 0.25) is 0 Å². The van der Waals surface area contributed by atoms with Crippen molar-refractivity contribution in [2.75, 3.05) is 17.7 Å². The number of esters is 1. The standard InChI is InChI=1S/C17H15N3O3/c1-23-16(21)11-6-8-12(9-7-11)19-17(22)20-15-10-18-14-5-3-2-4-13(14)15/h2-10,18H,1H3,(H2,19,20,22). The molecule has 3 N–H and O–H groups in total. The summed E-state index contributed by atoms with van der Waals surface area (Å²) in [5.41, 5.74) is 2.65. The van der Waals surface area contributed by atoms with Crippen molar-refractivity contribution >= 4 is 34.3 Å². The summed E-state index contributed by atoms with van der Waals surface area (Å²) in [5, 5.41) is 6.44. The maximum Gasteiger partial charge on any atom is 0.337 e. The van der Waals surface area contributed by atoms with Gasteiger partial charge in [-0.3, -0.25) is 0 Å². The first-order valence-corrected chi connectivity index (χ1v) is 7.00. The number of carbonyl (C=O) groups excluding carboxylic acids is 2. The van der Waals surface area contributed by atoms with Crippen molar-refractivity contribution in [3.05, 3.63) is 60.3 Å². The topological polar surface area (TPSA) is 83.2 Å². The van der Waals surface area contributed by atoms with Gasteiger partial charge in [-0.1, -0.05) is 18.2 Å². The molecule has 0 radical (unpaired) electrons. The zero-order chi connectivity index (χ0) is 16.2. The van der Waals surface area contributed by atoms with E-state index in [0.717, 1.165) is 10.9 Å². The van der Waals surface area contributed by atoms with Crippen LogP contribution in [0.3, 0.4) is 0 Å². The van der Waals surface area contributed by atoms with Gasteiger partial charge >= 0.3 is 12.0 Å². The fourth-order valence-electron chi connectivity index (χ4n) is 2.27. The van der Waals surface area contributed by atoms with Crippen molar-refractivity contribution in [1.82, 2.24) is 4.98 Å². The Morgan fingerprint density at radius 2 is 1.74 bits per heavy atom. The Kier molecular flexibility index (Phi) is 3.97. The molecule has 2 aromatic carbocycles. The number of urea groups is 1. The molecule has 0 aliphatic heterocycles. The molecule has 0 aliphatic carbocycles. The zero-order valence-electron chi connectivity index (χ0n) is 12.4. The Bertz CT molecular complexity index is 853. The average Bonchev–Trinajstić information content (AvgIpc) is 2.98. The van der Waals surface area contributed by atoms with E-state index in [4.69, 9.17) is 0 Å². The summed E-state index contributed by atoms with van der Waals surface area (Å²) < 4.78 is 4.63. The van der Waals surface area contributed by atoms with Crippen LogP contribution in [0.4, 0.5) is 16.2 Å². The molecule has 0 saturated heterocycles. The monoisotopic (exact) mass is 309 g/mol. The minimum Gasteiger partial charge on any atom is -0.465 e. The second-order valence-electron chi connectivity index (χ2n) is 4.90. The van der Waals surface area contributed by atoms with Crippen LogP contribution < -0.4 is 10.6 Å². The fourth-order valence-corrected chi connectivity index (χ4v) is 2.27. The van der Waals surface area contributed by atoms with Crippen LogP contribution in [0.5, 0.6) is 0 Å². The SMILES string of the molecule is COC(=O)c1ccc(NC(=O)Nc2c[nH]c3ccccc23)cc1. The second kappa shape index (κ2) is 6.23. The predicted octanol–water partition coefficient (Wildman–Crippen LogP) is 3.60. The molecule has 23 heavy (non-hydrogen) atoms. The Morgan fingerprint density at radius 1 is 1.00 bits per heavy atom. The Labute approximate surface area is 132 Å². The van der Waals surface area contributed by atoms with E-state index in [1.807, 2.05) is 24.3 Å². The van der Waals surface area contributed by atoms with E-state index in [1.165, 1.54) is 7.11 Å². The molecule has 116 valence electrons. The molecule has 0 unspecified atom stereocenters. The molecule has 0 atom stereocenters. The van der Waals surface area contributed by atoms with Gasteiger partial charge in [-0.05, 0) is 30.3 Å². The van der Waals surface area contributed by atoms with E-state index < -0.39 is 5.97 Å². The first-order valence-electron chi connectivity index (χ1n) is 7.00. The van der Waals surface area contributed by atoms with E-state index in [-0.39, 0.29) is 6.03 Å². The lowest BCUT2D eigenvalue weighted by atomic mass is 10.2. The smallest absolute Gasteiger partial charge is 0.337 e. The number of rotatable bonds is 3. The summed E-state index contributed by atoms with van der Waals surface area (Å²) in [7, 11) is 1.32. The van der Waals surface area contributed by atoms with Crippen LogP contribution in [0, 0.1) is 0 Å². The highest BCUT2D eigenvalue weighted by molar-refractivity contribution is 6.06. The van der Waals surface area contributed by atoms with E-state index in [2.05, 4.69) is 20.4 Å². The van der Waals surface area contributed by atoms with Gasteiger partial charge in [0.15, 0.2) is 0 Å². The number of anilines is 2. The molecule has 1 heterocycles. The van der Waals surface area contributed by atoms with Gasteiger partial charge in [0.1, 0.15) is 0 Å². The molecule has 0 spiro atoms. The largest absolute Gasteiger partial charge is 0.465 e. The molecule has 0 saturated carbocycles. The molecule has 0 bridgehead atoms. The van der Waals surface area contributed by atoms with Gasteiger partial charge in [0.25, 0.3) is 0 Å². The highest BCUT2D eigenvalue weighted by Crippen LogP contribution is 2.22. The van der Waals surface area contributed by atoms with Gasteiger partial charge in [-0.25, -0.2) is 9.59 Å². The third-order valence-electron chi connectivity index (χ3n) is 3.40. The van der Waals surface area contributed by atoms with Gasteiger partial charge in [0.2, 0.25) is 0 Å². The predicted molar refractivity (Wildman–Crippen MR) is 88.7 cm³/mol. The van der Waals surface area contributed by atoms with Crippen molar-refractivity contribution in [2.24, 2.45) is 0 Å². The molecule has 3 rings (SSSR count). The minimum atomic E-state index is -0.417. The number of nitrogens with one attached hydrogen (secondary N) is 3. The van der Waals surface area contributed by atoms with Crippen molar-refractivity contribution in [3.63, 3.8) is 0 Å². The lowest BCUT2D eigenvalue weighted by Crippen LogP contribution is -2.19. The Hall–Kier alpha value is -3.28. The number of fused-ring (bicyclic) bond motifs is 1. The number of benzene rings is 2. The lowest BCUT2D eigenvalue weighted by molar-refractivity contribution is 0.0601. The number of amides is 2. The number of aromatic amines is 1. The number of hydrogen-bond donors (Lipinski definition) is 3. The highest BCUT2D eigenvalue weighted by Gasteiger charge is 2.08. The number of carbonyl (C=O) groups is 2. The summed E-state index contributed by atoms with van der Waals surface area (Å²) >= 11 is 0. The maximum atomic E-state index is 12.1. The third kappa shape index (κ3) is 3.16. The fraction of sp³-hybridized carbons (Fsp3) is 0.0588. The van der Waals surface area contributed by atoms with Crippen LogP contribution in [0.1, 0.15) is 10.4 Å². The van der Waals surface area contributed by atoms with E-state index >= 15 is 0 Å². The van der Waals surface area contributed by atoms with Crippen LogP contribution in [0.25, 0.3) is 10.9 Å². The number of aromatic nitrogens is 1. The molecule has 1 aromatic heterocycles. The lowest BCUT2D eigenvalue weighted by Gasteiger charge is -2.07. The maximum absolute atomic E-state index is 12.1. The van der Waals surface area contributed by atoms with Crippen molar-refractivity contribution < 1.29 is 14.3 Å². The number of methoxy groups -OCH3 is 1. The number of para-hydroxylation sites is 1. The summed E-state index contributed by atoms with van der Waals surface area (Å²) in [6.45, 7) is 0. The number of ether oxygens (including phenoxy) is 1. The quantitative estimate of drug-likeness (QED) is 0.646. The Balaban J connectivity index is 1.68. The van der Waals surface area contributed by atoms with Gasteiger partial charge in [-0.2, -0.15) is 0 Å². The third-order valence-corrected chi connectivity index (χ3v) is 3.40. The minimum absolute atomic E-state index is 0.361. The van der Waals surface area contributed by atoms with Gasteiger partial charge in [-0.15, -0.1) is 0 Å². The van der Waals surface area contributed by atoms with Crippen LogP contribution >= 0.6 is 0 Å². The summed E-state index contributed by atoms with van der Waals surface area (Å²) in [5.74, 6) is -0.417. The summed E-state index contributed by atoms with van der Waals surface area (Å²) in [4.78, 5) is 26.5. The molecule has 3 aromatic rings. The molecule has 0 fully saturated rings.